The third-order valence-electron chi connectivity index (χ3n) is 6.26. The monoisotopic (exact) mass is 455 g/mol. The maximum absolute atomic E-state index is 10.7. The average molecular weight is 456 g/mol. The average Bonchev–Trinajstić information content (AvgIpc) is 3.31. The van der Waals surface area contributed by atoms with Crippen LogP contribution < -0.4 is 10.2 Å². The Balaban J connectivity index is 1.64. The molecule has 2 atom stereocenters. The first-order valence-electron chi connectivity index (χ1n) is 10.9. The first-order chi connectivity index (χ1) is 16.0. The summed E-state index contributed by atoms with van der Waals surface area (Å²) in [5.74, 6) is 0.193. The van der Waals surface area contributed by atoms with Gasteiger partial charge in [0.2, 0.25) is 0 Å². The van der Waals surface area contributed by atoms with E-state index >= 15 is 0 Å². The molecule has 0 spiro atoms. The van der Waals surface area contributed by atoms with Crippen molar-refractivity contribution in [2.45, 2.75) is 32.5 Å². The lowest BCUT2D eigenvalue weighted by atomic mass is 9.96. The minimum Gasteiger partial charge on any atom is -0.506 e. The molecule has 1 fully saturated rings. The highest BCUT2D eigenvalue weighted by molar-refractivity contribution is 7.80. The smallest absolute Gasteiger partial charge is 0.174 e. The fourth-order valence-electron chi connectivity index (χ4n) is 4.64. The van der Waals surface area contributed by atoms with Crippen LogP contribution in [0.2, 0.25) is 0 Å². The topological polar surface area (TPSA) is 66.2 Å². The van der Waals surface area contributed by atoms with Gasteiger partial charge in [0.05, 0.1) is 23.5 Å². The maximum atomic E-state index is 10.7. The summed E-state index contributed by atoms with van der Waals surface area (Å²) in [5, 5.41) is 14.7. The molecule has 166 valence electrons. The van der Waals surface area contributed by atoms with Crippen LogP contribution in [0.25, 0.3) is 0 Å². The number of aromatic nitrogens is 3. The Labute approximate surface area is 198 Å². The summed E-state index contributed by atoms with van der Waals surface area (Å²) in [5.41, 5.74) is 6.24. The number of anilines is 1. The number of benzene rings is 1. The van der Waals surface area contributed by atoms with Gasteiger partial charge in [-0.3, -0.25) is 9.97 Å². The number of para-hydroxylation sites is 2. The van der Waals surface area contributed by atoms with E-state index in [0.717, 1.165) is 29.2 Å². The lowest BCUT2D eigenvalue weighted by Gasteiger charge is -2.28. The Morgan fingerprint density at radius 1 is 1.00 bits per heavy atom. The number of thiocarbonyl (C=S) groups is 1. The maximum Gasteiger partial charge on any atom is 0.174 e. The second-order valence-electron chi connectivity index (χ2n) is 8.25. The predicted molar refractivity (Wildman–Crippen MR) is 133 cm³/mol. The van der Waals surface area contributed by atoms with Crippen LogP contribution in [-0.2, 0) is 6.54 Å². The fourth-order valence-corrected chi connectivity index (χ4v) is 4.98. The van der Waals surface area contributed by atoms with Crippen LogP contribution >= 0.6 is 12.2 Å². The molecule has 0 saturated carbocycles. The van der Waals surface area contributed by atoms with Gasteiger partial charge in [-0.1, -0.05) is 18.2 Å². The minimum atomic E-state index is -0.168. The number of aryl methyl sites for hydroxylation is 1. The molecule has 2 N–H and O–H groups in total. The highest BCUT2D eigenvalue weighted by Gasteiger charge is 2.42. The van der Waals surface area contributed by atoms with Gasteiger partial charge in [-0.15, -0.1) is 0 Å². The van der Waals surface area contributed by atoms with Crippen LogP contribution in [0, 0.1) is 13.8 Å². The Bertz CT molecular complexity index is 1290. The minimum absolute atomic E-state index is 0.159. The molecular weight excluding hydrogens is 430 g/mol. The zero-order valence-electron chi connectivity index (χ0n) is 18.5. The van der Waals surface area contributed by atoms with E-state index in [9.17, 15) is 5.11 Å². The molecule has 0 bridgehead atoms. The van der Waals surface area contributed by atoms with Crippen molar-refractivity contribution in [3.05, 3.63) is 107 Å². The van der Waals surface area contributed by atoms with Gasteiger partial charge in [0, 0.05) is 36.5 Å². The van der Waals surface area contributed by atoms with E-state index in [2.05, 4.69) is 39.8 Å². The number of nitrogens with zero attached hydrogens (tertiary/aromatic N) is 4. The molecule has 1 saturated heterocycles. The van der Waals surface area contributed by atoms with Crippen molar-refractivity contribution in [1.29, 1.82) is 0 Å². The SMILES string of the molecule is Cc1cc(C2C(c3ccccn3)NC(=S)N2c2ccccc2O)c(C)n1Cc1ccncc1. The van der Waals surface area contributed by atoms with Crippen molar-refractivity contribution in [1.82, 2.24) is 19.9 Å². The molecule has 0 amide bonds. The van der Waals surface area contributed by atoms with E-state index in [0.29, 0.717) is 10.8 Å². The zero-order valence-corrected chi connectivity index (χ0v) is 19.3. The normalized spacial score (nSPS) is 17.9. The van der Waals surface area contributed by atoms with Crippen LogP contribution in [0.3, 0.4) is 0 Å². The summed E-state index contributed by atoms with van der Waals surface area (Å²) in [7, 11) is 0. The van der Waals surface area contributed by atoms with Gasteiger partial charge in [0.1, 0.15) is 5.75 Å². The fraction of sp³-hybridized carbons (Fsp3) is 0.192. The van der Waals surface area contributed by atoms with E-state index in [1.54, 1.807) is 12.3 Å². The number of pyridine rings is 2. The summed E-state index contributed by atoms with van der Waals surface area (Å²) in [6.07, 6.45) is 5.44. The summed E-state index contributed by atoms with van der Waals surface area (Å²) in [4.78, 5) is 10.8. The van der Waals surface area contributed by atoms with E-state index in [4.69, 9.17) is 12.2 Å². The highest BCUT2D eigenvalue weighted by atomic mass is 32.1. The summed E-state index contributed by atoms with van der Waals surface area (Å²) < 4.78 is 2.31. The molecule has 5 rings (SSSR count). The molecule has 1 aromatic carbocycles. The number of rotatable bonds is 5. The first-order valence-corrected chi connectivity index (χ1v) is 11.3. The van der Waals surface area contributed by atoms with Gasteiger partial charge in [-0.25, -0.2) is 0 Å². The van der Waals surface area contributed by atoms with Crippen LogP contribution in [-0.4, -0.2) is 24.8 Å². The number of nitrogens with one attached hydrogen (secondary N) is 1. The molecule has 2 unspecified atom stereocenters. The van der Waals surface area contributed by atoms with Crippen LogP contribution in [0.15, 0.2) is 79.3 Å². The van der Waals surface area contributed by atoms with Crippen molar-refractivity contribution < 1.29 is 5.11 Å². The molecular formula is C26H25N5OS. The van der Waals surface area contributed by atoms with Gasteiger partial charge in [0.15, 0.2) is 5.11 Å². The second-order valence-corrected chi connectivity index (χ2v) is 8.64. The summed E-state index contributed by atoms with van der Waals surface area (Å²) in [6.45, 7) is 5.03. The van der Waals surface area contributed by atoms with E-state index in [-0.39, 0.29) is 17.8 Å². The van der Waals surface area contributed by atoms with E-state index < -0.39 is 0 Å². The Kier molecular flexibility index (Phi) is 5.56. The van der Waals surface area contributed by atoms with Gasteiger partial charge in [-0.05, 0) is 79.7 Å². The first kappa shape index (κ1) is 21.2. The molecule has 33 heavy (non-hydrogen) atoms. The third kappa shape index (κ3) is 3.85. The van der Waals surface area contributed by atoms with Gasteiger partial charge >= 0.3 is 0 Å². The highest BCUT2D eigenvalue weighted by Crippen LogP contribution is 2.45. The standard InChI is InChI=1S/C26H25N5OS/c1-17-15-20(18(2)30(17)16-19-10-13-27-14-11-19)25-24(21-7-5-6-12-28-21)29-26(33)31(25)22-8-3-4-9-23(22)32/h3-15,24-25,32H,16H2,1-2H3,(H,29,33). The van der Waals surface area contributed by atoms with Crippen molar-refractivity contribution in [3.63, 3.8) is 0 Å². The molecule has 0 radical (unpaired) electrons. The molecule has 6 nitrogen and oxygen atoms in total. The third-order valence-corrected chi connectivity index (χ3v) is 6.58. The van der Waals surface area contributed by atoms with Crippen molar-refractivity contribution in [2.24, 2.45) is 0 Å². The van der Waals surface area contributed by atoms with Gasteiger partial charge in [0.25, 0.3) is 0 Å². The number of phenolic OH excluding ortho intramolecular Hbond substituents is 1. The Hall–Kier alpha value is -3.71. The number of aromatic hydroxyl groups is 1. The van der Waals surface area contributed by atoms with Gasteiger partial charge < -0.3 is 19.9 Å². The van der Waals surface area contributed by atoms with Crippen molar-refractivity contribution in [3.8, 4) is 5.75 Å². The van der Waals surface area contributed by atoms with E-state index in [1.807, 2.05) is 65.8 Å². The van der Waals surface area contributed by atoms with Crippen LogP contribution in [0.4, 0.5) is 5.69 Å². The quantitative estimate of drug-likeness (QED) is 0.421. The molecule has 7 heteroatoms. The molecule has 1 aliphatic heterocycles. The van der Waals surface area contributed by atoms with Crippen LogP contribution in [0.5, 0.6) is 5.75 Å². The second kappa shape index (κ2) is 8.67. The Morgan fingerprint density at radius 3 is 2.48 bits per heavy atom. The number of hydrogen-bond donors (Lipinski definition) is 2. The predicted octanol–water partition coefficient (Wildman–Crippen LogP) is 4.83. The van der Waals surface area contributed by atoms with Crippen molar-refractivity contribution in [2.75, 3.05) is 4.90 Å². The van der Waals surface area contributed by atoms with Crippen LogP contribution in [0.1, 0.15) is 40.3 Å². The Morgan fingerprint density at radius 2 is 1.76 bits per heavy atom. The molecule has 4 heterocycles. The van der Waals surface area contributed by atoms with E-state index in [1.165, 1.54) is 5.56 Å². The largest absolute Gasteiger partial charge is 0.506 e. The summed E-state index contributed by atoms with van der Waals surface area (Å²) >= 11 is 5.79. The molecule has 0 aliphatic carbocycles. The lowest BCUT2D eigenvalue weighted by molar-refractivity contribution is 0.472. The molecule has 4 aromatic rings. The molecule has 3 aromatic heterocycles. The lowest BCUT2D eigenvalue weighted by Crippen LogP contribution is -2.29. The summed E-state index contributed by atoms with van der Waals surface area (Å²) in [6, 6.07) is 19.2. The number of phenols is 1. The van der Waals surface area contributed by atoms with Crippen molar-refractivity contribution >= 4 is 23.0 Å². The number of hydrogen-bond acceptors (Lipinski definition) is 4. The zero-order chi connectivity index (χ0) is 22.9. The molecule has 1 aliphatic rings. The van der Waals surface area contributed by atoms with Gasteiger partial charge in [-0.2, -0.15) is 0 Å².